The van der Waals surface area contributed by atoms with E-state index in [1.807, 2.05) is 0 Å². The predicted octanol–water partition coefficient (Wildman–Crippen LogP) is 11.0. The van der Waals surface area contributed by atoms with E-state index < -0.39 is 0 Å². The Hall–Kier alpha value is -2.16. The SMILES string of the molecule is CC(C)C1=CCCC(C(C)C)[C@@H]1NCC(C)C(c1ccccc1)[C@@H](c1ccccc1)[C@H](C)CN[C@H]1C(C(C)C)=CCCC1C(C)C. The van der Waals surface area contributed by atoms with Crippen molar-refractivity contribution in [1.82, 2.24) is 10.6 Å². The normalized spacial score (nSPS) is 25.0. The topological polar surface area (TPSA) is 24.1 Å². The molecule has 0 fully saturated rings. The van der Waals surface area contributed by atoms with Crippen molar-refractivity contribution < 1.29 is 0 Å². The zero-order valence-corrected chi connectivity index (χ0v) is 31.1. The van der Waals surface area contributed by atoms with Crippen molar-refractivity contribution in [2.24, 2.45) is 47.3 Å². The molecule has 0 saturated heterocycles. The minimum Gasteiger partial charge on any atom is -0.310 e. The second-order valence-corrected chi connectivity index (χ2v) is 16.3. The molecule has 0 amide bonds. The number of hydrogen-bond donors (Lipinski definition) is 2. The first-order valence-corrected chi connectivity index (χ1v) is 19.0. The van der Waals surface area contributed by atoms with Crippen LogP contribution in [0.1, 0.15) is 118 Å². The molecule has 0 spiro atoms. The predicted molar refractivity (Wildman–Crippen MR) is 201 cm³/mol. The van der Waals surface area contributed by atoms with E-state index in [4.69, 9.17) is 0 Å². The number of hydrogen-bond acceptors (Lipinski definition) is 2. The highest BCUT2D eigenvalue weighted by Gasteiger charge is 2.37. The minimum absolute atomic E-state index is 0.410. The molecule has 2 nitrogen and oxygen atoms in total. The van der Waals surface area contributed by atoms with E-state index >= 15 is 0 Å². The van der Waals surface area contributed by atoms with Crippen molar-refractivity contribution in [3.63, 3.8) is 0 Å². The first-order chi connectivity index (χ1) is 22.0. The lowest BCUT2D eigenvalue weighted by Gasteiger charge is -2.42. The Morgan fingerprint density at radius 1 is 0.522 bits per heavy atom. The Kier molecular flexibility index (Phi) is 13.8. The molecule has 2 heteroatoms. The summed E-state index contributed by atoms with van der Waals surface area (Å²) in [5.41, 5.74) is 6.21. The van der Waals surface area contributed by atoms with Crippen molar-refractivity contribution in [3.8, 4) is 0 Å². The van der Waals surface area contributed by atoms with Crippen LogP contribution in [0.3, 0.4) is 0 Å². The molecule has 0 aromatic heterocycles. The summed E-state index contributed by atoms with van der Waals surface area (Å²) in [7, 11) is 0. The van der Waals surface area contributed by atoms with Gasteiger partial charge in [-0.25, -0.2) is 0 Å². The Morgan fingerprint density at radius 3 is 1.17 bits per heavy atom. The number of benzene rings is 2. The Bertz CT molecular complexity index is 1130. The summed E-state index contributed by atoms with van der Waals surface area (Å²) in [6.07, 6.45) is 10.1. The Labute approximate surface area is 284 Å². The maximum atomic E-state index is 4.21. The van der Waals surface area contributed by atoms with Crippen LogP contribution in [0.2, 0.25) is 0 Å². The Balaban J connectivity index is 1.65. The largest absolute Gasteiger partial charge is 0.310 e. The molecular formula is C44H68N2. The third-order valence-electron chi connectivity index (χ3n) is 11.7. The van der Waals surface area contributed by atoms with Gasteiger partial charge in [0.1, 0.15) is 0 Å². The fraction of sp³-hybridized carbons (Fsp3) is 0.636. The third-order valence-corrected chi connectivity index (χ3v) is 11.7. The first-order valence-electron chi connectivity index (χ1n) is 19.0. The molecule has 2 aromatic carbocycles. The fourth-order valence-electron chi connectivity index (χ4n) is 9.14. The van der Waals surface area contributed by atoms with Gasteiger partial charge in [0, 0.05) is 12.1 Å². The standard InChI is InChI=1S/C44H68N2/c1-29(2)37-23-17-24-38(30(3)4)43(37)45-27-33(9)41(35-19-13-11-14-20-35)42(36-21-15-12-16-22-36)34(10)28-46-44-39(31(5)6)25-18-26-40(44)32(7)8/h11-16,19-23,25,29-34,38,40-46H,17-18,24,26-28H2,1-10H3/t33-,34?,38?,40?,41-,42?,43+,44-/m1/s1. The monoisotopic (exact) mass is 625 g/mol. The van der Waals surface area contributed by atoms with Gasteiger partial charge in [-0.3, -0.25) is 0 Å². The summed E-state index contributed by atoms with van der Waals surface area (Å²) < 4.78 is 0. The van der Waals surface area contributed by atoms with Gasteiger partial charge < -0.3 is 10.6 Å². The summed E-state index contributed by atoms with van der Waals surface area (Å²) in [5, 5.41) is 8.42. The van der Waals surface area contributed by atoms with E-state index in [1.165, 1.54) is 36.8 Å². The highest BCUT2D eigenvalue weighted by molar-refractivity contribution is 5.31. The molecule has 2 aliphatic carbocycles. The maximum absolute atomic E-state index is 4.21. The van der Waals surface area contributed by atoms with Crippen LogP contribution in [0.15, 0.2) is 84.0 Å². The number of nitrogens with one attached hydrogen (secondary N) is 2. The van der Waals surface area contributed by atoms with E-state index in [9.17, 15) is 0 Å². The van der Waals surface area contributed by atoms with Gasteiger partial charge >= 0.3 is 0 Å². The van der Waals surface area contributed by atoms with Crippen LogP contribution in [0, 0.1) is 47.3 Å². The molecule has 0 bridgehead atoms. The van der Waals surface area contributed by atoms with Crippen LogP contribution >= 0.6 is 0 Å². The van der Waals surface area contributed by atoms with E-state index in [2.05, 4.69) is 153 Å². The maximum Gasteiger partial charge on any atom is 0.0313 e. The van der Waals surface area contributed by atoms with E-state index in [0.29, 0.717) is 71.3 Å². The molecular weight excluding hydrogens is 556 g/mol. The van der Waals surface area contributed by atoms with Crippen molar-refractivity contribution in [3.05, 3.63) is 95.1 Å². The van der Waals surface area contributed by atoms with Gasteiger partial charge in [0.05, 0.1) is 0 Å². The number of rotatable bonds is 15. The quantitative estimate of drug-likeness (QED) is 0.193. The molecule has 46 heavy (non-hydrogen) atoms. The summed E-state index contributed by atoms with van der Waals surface area (Å²) >= 11 is 0. The molecule has 2 N–H and O–H groups in total. The van der Waals surface area contributed by atoms with E-state index in [1.54, 1.807) is 11.1 Å². The van der Waals surface area contributed by atoms with Gasteiger partial charge in [-0.15, -0.1) is 0 Å². The Morgan fingerprint density at radius 2 is 0.870 bits per heavy atom. The summed E-state index contributed by atoms with van der Waals surface area (Å²) in [4.78, 5) is 0. The molecule has 2 aromatic rings. The molecule has 0 aliphatic heterocycles. The molecule has 2 aliphatic rings. The first kappa shape index (κ1) is 36.7. The second kappa shape index (κ2) is 17.3. The summed E-state index contributed by atoms with van der Waals surface area (Å²) in [6, 6.07) is 23.9. The van der Waals surface area contributed by atoms with Crippen LogP contribution < -0.4 is 10.6 Å². The molecule has 8 atom stereocenters. The van der Waals surface area contributed by atoms with Gasteiger partial charge in [0.15, 0.2) is 0 Å². The average molecular weight is 625 g/mol. The molecule has 0 heterocycles. The molecule has 4 unspecified atom stereocenters. The van der Waals surface area contributed by atoms with Crippen molar-refractivity contribution in [2.45, 2.75) is 119 Å². The van der Waals surface area contributed by atoms with Gasteiger partial charge in [-0.1, -0.05) is 153 Å². The van der Waals surface area contributed by atoms with E-state index in [-0.39, 0.29) is 0 Å². The van der Waals surface area contributed by atoms with Crippen LogP contribution in [0.4, 0.5) is 0 Å². The molecule has 0 saturated carbocycles. The molecule has 0 radical (unpaired) electrons. The van der Waals surface area contributed by atoms with Crippen LogP contribution in [-0.4, -0.2) is 25.2 Å². The third kappa shape index (κ3) is 9.04. The van der Waals surface area contributed by atoms with Crippen molar-refractivity contribution in [2.75, 3.05) is 13.1 Å². The van der Waals surface area contributed by atoms with Gasteiger partial charge in [0.25, 0.3) is 0 Å². The lowest BCUT2D eigenvalue weighted by atomic mass is 9.68. The van der Waals surface area contributed by atoms with Crippen molar-refractivity contribution >= 4 is 0 Å². The van der Waals surface area contributed by atoms with E-state index in [0.717, 1.165) is 13.1 Å². The van der Waals surface area contributed by atoms with Crippen LogP contribution in [0.25, 0.3) is 0 Å². The van der Waals surface area contributed by atoms with Crippen molar-refractivity contribution in [1.29, 1.82) is 0 Å². The zero-order chi connectivity index (χ0) is 33.4. The smallest absolute Gasteiger partial charge is 0.0313 e. The minimum atomic E-state index is 0.410. The second-order valence-electron chi connectivity index (χ2n) is 16.3. The van der Waals surface area contributed by atoms with Gasteiger partial charge in [-0.05, 0) is 109 Å². The lowest BCUT2D eigenvalue weighted by Crippen LogP contribution is -2.47. The van der Waals surface area contributed by atoms with Gasteiger partial charge in [-0.2, -0.15) is 0 Å². The number of allylic oxidation sites excluding steroid dienone is 2. The average Bonchev–Trinajstić information content (AvgIpc) is 3.05. The van der Waals surface area contributed by atoms with Gasteiger partial charge in [0.2, 0.25) is 0 Å². The summed E-state index contributed by atoms with van der Waals surface area (Å²) in [5.74, 6) is 5.70. The summed E-state index contributed by atoms with van der Waals surface area (Å²) in [6.45, 7) is 26.3. The van der Waals surface area contributed by atoms with Crippen LogP contribution in [0.5, 0.6) is 0 Å². The molecule has 4 rings (SSSR count). The highest BCUT2D eigenvalue weighted by Crippen LogP contribution is 2.44. The highest BCUT2D eigenvalue weighted by atomic mass is 14.9. The molecule has 254 valence electrons. The van der Waals surface area contributed by atoms with Crippen LogP contribution in [-0.2, 0) is 0 Å². The fourth-order valence-corrected chi connectivity index (χ4v) is 9.14. The lowest BCUT2D eigenvalue weighted by molar-refractivity contribution is 0.229. The zero-order valence-electron chi connectivity index (χ0n) is 31.1.